The third-order valence-corrected chi connectivity index (χ3v) is 5.07. The molecule has 1 amide bonds. The average Bonchev–Trinajstić information content (AvgIpc) is 2.48. The predicted molar refractivity (Wildman–Crippen MR) is 85.3 cm³/mol. The van der Waals surface area contributed by atoms with E-state index in [2.05, 4.69) is 28.2 Å². The van der Waals surface area contributed by atoms with E-state index in [0.29, 0.717) is 16.0 Å². The zero-order chi connectivity index (χ0) is 15.5. The largest absolute Gasteiger partial charge is 0.507 e. The molecule has 1 aliphatic rings. The Bertz CT molecular complexity index is 510. The number of carbonyl (C=O) groups excluding carboxylic acids is 1. The highest BCUT2D eigenvalue weighted by atomic mass is 79.9. The van der Waals surface area contributed by atoms with Crippen molar-refractivity contribution in [1.82, 2.24) is 5.32 Å². The van der Waals surface area contributed by atoms with Crippen molar-refractivity contribution in [1.29, 1.82) is 0 Å². The molecule has 0 aliphatic heterocycles. The topological polar surface area (TPSA) is 69.6 Å². The fourth-order valence-electron chi connectivity index (χ4n) is 2.80. The normalized spacial score (nSPS) is 25.6. The Morgan fingerprint density at radius 1 is 1.43 bits per heavy atom. The molecular weight excluding hydrogens is 334 g/mol. The van der Waals surface area contributed by atoms with E-state index in [9.17, 15) is 15.0 Å². The van der Waals surface area contributed by atoms with Crippen LogP contribution in [0.5, 0.6) is 5.75 Å². The first-order valence-corrected chi connectivity index (χ1v) is 8.22. The second-order valence-electron chi connectivity index (χ2n) is 5.92. The Hall–Kier alpha value is -1.07. The summed E-state index contributed by atoms with van der Waals surface area (Å²) in [4.78, 5) is 12.1. The summed E-state index contributed by atoms with van der Waals surface area (Å²) in [6.07, 6.45) is 4.65. The molecule has 1 fully saturated rings. The van der Waals surface area contributed by atoms with E-state index < -0.39 is 5.60 Å². The number of carbonyl (C=O) groups is 1. The number of rotatable bonds is 4. The van der Waals surface area contributed by atoms with Crippen molar-refractivity contribution < 1.29 is 15.0 Å². The molecule has 2 rings (SSSR count). The summed E-state index contributed by atoms with van der Waals surface area (Å²) in [6.45, 7) is 2.44. The van der Waals surface area contributed by atoms with Crippen LogP contribution in [-0.2, 0) is 0 Å². The second-order valence-corrected chi connectivity index (χ2v) is 6.78. The molecule has 1 aromatic rings. The highest BCUT2D eigenvalue weighted by Crippen LogP contribution is 2.33. The maximum absolute atomic E-state index is 12.1. The van der Waals surface area contributed by atoms with E-state index in [4.69, 9.17) is 0 Å². The standard InChI is InChI=1S/C16H22BrNO3/c1-2-11-5-7-16(21,8-6-11)10-18-15(20)12-3-4-13(17)14(19)9-12/h3-4,9,11,19,21H,2,5-8,10H2,1H3,(H,18,20). The minimum absolute atomic E-state index is 0.0322. The predicted octanol–water partition coefficient (Wildman–Crippen LogP) is 3.22. The molecule has 21 heavy (non-hydrogen) atoms. The average molecular weight is 356 g/mol. The summed E-state index contributed by atoms with van der Waals surface area (Å²) in [5.74, 6) is 0.457. The molecular formula is C16H22BrNO3. The molecule has 1 aromatic carbocycles. The molecule has 0 spiro atoms. The number of aliphatic hydroxyl groups is 1. The van der Waals surface area contributed by atoms with E-state index in [0.717, 1.165) is 32.1 Å². The Kier molecular flexibility index (Phi) is 5.27. The number of phenols is 1. The molecule has 5 heteroatoms. The van der Waals surface area contributed by atoms with Crippen LogP contribution in [0.3, 0.4) is 0 Å². The van der Waals surface area contributed by atoms with Crippen LogP contribution < -0.4 is 5.32 Å². The minimum Gasteiger partial charge on any atom is -0.507 e. The quantitative estimate of drug-likeness (QED) is 0.776. The van der Waals surface area contributed by atoms with Gasteiger partial charge in [-0.1, -0.05) is 13.3 Å². The molecule has 0 radical (unpaired) electrons. The third-order valence-electron chi connectivity index (χ3n) is 4.40. The van der Waals surface area contributed by atoms with Crippen molar-refractivity contribution in [2.75, 3.05) is 6.54 Å². The van der Waals surface area contributed by atoms with Gasteiger partial charge in [-0.3, -0.25) is 4.79 Å². The Morgan fingerprint density at radius 3 is 2.67 bits per heavy atom. The zero-order valence-corrected chi connectivity index (χ0v) is 13.8. The number of nitrogens with one attached hydrogen (secondary N) is 1. The van der Waals surface area contributed by atoms with Crippen LogP contribution >= 0.6 is 15.9 Å². The van der Waals surface area contributed by atoms with E-state index >= 15 is 0 Å². The number of benzene rings is 1. The van der Waals surface area contributed by atoms with Crippen molar-refractivity contribution in [3.8, 4) is 5.75 Å². The first kappa shape index (κ1) is 16.3. The van der Waals surface area contributed by atoms with Crippen LogP contribution in [0, 0.1) is 5.92 Å². The summed E-state index contributed by atoms with van der Waals surface area (Å²) >= 11 is 3.18. The second kappa shape index (κ2) is 6.79. The highest BCUT2D eigenvalue weighted by molar-refractivity contribution is 9.10. The molecule has 0 bridgehead atoms. The SMILES string of the molecule is CCC1CCC(O)(CNC(=O)c2ccc(Br)c(O)c2)CC1. The van der Waals surface area contributed by atoms with Crippen molar-refractivity contribution in [2.45, 2.75) is 44.6 Å². The Labute approximate surface area is 133 Å². The van der Waals surface area contributed by atoms with E-state index in [1.54, 1.807) is 12.1 Å². The van der Waals surface area contributed by atoms with Crippen LogP contribution in [0.25, 0.3) is 0 Å². The van der Waals surface area contributed by atoms with Gasteiger partial charge < -0.3 is 15.5 Å². The van der Waals surface area contributed by atoms with Crippen molar-refractivity contribution in [2.24, 2.45) is 5.92 Å². The summed E-state index contributed by atoms with van der Waals surface area (Å²) in [7, 11) is 0. The van der Waals surface area contributed by atoms with Gasteiger partial charge in [-0.05, 0) is 65.7 Å². The molecule has 0 heterocycles. The number of phenolic OH excluding ortho intramolecular Hbond substituents is 1. The zero-order valence-electron chi connectivity index (χ0n) is 12.2. The van der Waals surface area contributed by atoms with Gasteiger partial charge in [0, 0.05) is 12.1 Å². The lowest BCUT2D eigenvalue weighted by Crippen LogP contribution is -2.45. The Morgan fingerprint density at radius 2 is 2.10 bits per heavy atom. The van der Waals surface area contributed by atoms with Gasteiger partial charge in [0.1, 0.15) is 5.75 Å². The molecule has 116 valence electrons. The number of hydrogen-bond acceptors (Lipinski definition) is 3. The van der Waals surface area contributed by atoms with Gasteiger partial charge in [0.05, 0.1) is 10.1 Å². The molecule has 0 saturated heterocycles. The molecule has 1 saturated carbocycles. The van der Waals surface area contributed by atoms with Gasteiger partial charge in [0.25, 0.3) is 5.91 Å². The van der Waals surface area contributed by atoms with Gasteiger partial charge in [-0.25, -0.2) is 0 Å². The highest BCUT2D eigenvalue weighted by Gasteiger charge is 2.32. The molecule has 0 aromatic heterocycles. The lowest BCUT2D eigenvalue weighted by atomic mass is 9.78. The number of halogens is 1. The van der Waals surface area contributed by atoms with Crippen LogP contribution in [0.2, 0.25) is 0 Å². The monoisotopic (exact) mass is 355 g/mol. The van der Waals surface area contributed by atoms with E-state index in [-0.39, 0.29) is 18.2 Å². The fraction of sp³-hybridized carbons (Fsp3) is 0.562. The molecule has 1 aliphatic carbocycles. The van der Waals surface area contributed by atoms with Gasteiger partial charge in [0.15, 0.2) is 0 Å². The summed E-state index contributed by atoms with van der Waals surface area (Å²) < 4.78 is 0.551. The molecule has 4 nitrogen and oxygen atoms in total. The van der Waals surface area contributed by atoms with Gasteiger partial charge in [0.2, 0.25) is 0 Å². The summed E-state index contributed by atoms with van der Waals surface area (Å²) in [6, 6.07) is 4.68. The smallest absolute Gasteiger partial charge is 0.251 e. The summed E-state index contributed by atoms with van der Waals surface area (Å²) in [5.41, 5.74) is -0.403. The molecule has 3 N–H and O–H groups in total. The Balaban J connectivity index is 1.90. The molecule has 0 atom stereocenters. The lowest BCUT2D eigenvalue weighted by molar-refractivity contribution is -0.00786. The maximum Gasteiger partial charge on any atom is 0.251 e. The van der Waals surface area contributed by atoms with Crippen LogP contribution in [0.1, 0.15) is 49.4 Å². The van der Waals surface area contributed by atoms with E-state index in [1.807, 2.05) is 0 Å². The van der Waals surface area contributed by atoms with Gasteiger partial charge >= 0.3 is 0 Å². The minimum atomic E-state index is -0.793. The lowest BCUT2D eigenvalue weighted by Gasteiger charge is -2.35. The van der Waals surface area contributed by atoms with Crippen molar-refractivity contribution in [3.05, 3.63) is 28.2 Å². The van der Waals surface area contributed by atoms with Crippen LogP contribution in [0.15, 0.2) is 22.7 Å². The maximum atomic E-state index is 12.1. The third kappa shape index (κ3) is 4.20. The van der Waals surface area contributed by atoms with Crippen LogP contribution in [-0.4, -0.2) is 28.3 Å². The first-order chi connectivity index (χ1) is 9.93. The van der Waals surface area contributed by atoms with Crippen molar-refractivity contribution in [3.63, 3.8) is 0 Å². The van der Waals surface area contributed by atoms with Gasteiger partial charge in [-0.2, -0.15) is 0 Å². The summed E-state index contributed by atoms with van der Waals surface area (Å²) in [5, 5.41) is 22.9. The first-order valence-electron chi connectivity index (χ1n) is 7.42. The van der Waals surface area contributed by atoms with Crippen molar-refractivity contribution >= 4 is 21.8 Å². The number of amides is 1. The number of aromatic hydroxyl groups is 1. The fourth-order valence-corrected chi connectivity index (χ4v) is 3.05. The van der Waals surface area contributed by atoms with Gasteiger partial charge in [-0.15, -0.1) is 0 Å². The van der Waals surface area contributed by atoms with E-state index in [1.165, 1.54) is 6.07 Å². The van der Waals surface area contributed by atoms with Crippen LogP contribution in [0.4, 0.5) is 0 Å². The molecule has 0 unspecified atom stereocenters. The number of hydrogen-bond donors (Lipinski definition) is 3.